The fraction of sp³-hybridized carbons (Fsp3) is 0.0833. The van der Waals surface area contributed by atoms with Crippen molar-refractivity contribution in [2.24, 2.45) is 0 Å². The lowest BCUT2D eigenvalue weighted by atomic mass is 9.72. The first kappa shape index (κ1) is 43.8. The number of benzene rings is 12. The highest BCUT2D eigenvalue weighted by molar-refractivity contribution is 6.23. The first-order chi connectivity index (χ1) is 36.3. The largest absolute Gasteiger partial charge is 0.309 e. The maximum absolute atomic E-state index is 2.53. The number of hydrogen-bond acceptors (Lipinski definition) is 2. The molecule has 0 aliphatic carbocycles. The van der Waals surface area contributed by atoms with Gasteiger partial charge in [0.05, 0.1) is 22.7 Å². The maximum atomic E-state index is 2.53. The second-order valence-electron chi connectivity index (χ2n) is 21.2. The Balaban J connectivity index is 1.12. The van der Waals surface area contributed by atoms with Crippen molar-refractivity contribution < 1.29 is 0 Å². The molecule has 0 aromatic heterocycles. The Morgan fingerprint density at radius 2 is 0.676 bits per heavy atom. The van der Waals surface area contributed by atoms with E-state index in [9.17, 15) is 0 Å². The summed E-state index contributed by atoms with van der Waals surface area (Å²) < 4.78 is 0. The van der Waals surface area contributed by atoms with Gasteiger partial charge in [-0.25, -0.2) is 0 Å². The Kier molecular flexibility index (Phi) is 9.94. The first-order valence-corrected chi connectivity index (χ1v) is 26.0. The molecule has 0 N–H and O–H groups in total. The third kappa shape index (κ3) is 6.57. The van der Waals surface area contributed by atoms with Crippen LogP contribution in [0.5, 0.6) is 0 Å². The molecule has 12 aromatic carbocycles. The molecule has 352 valence electrons. The van der Waals surface area contributed by atoms with Gasteiger partial charge in [0.25, 0.3) is 0 Å². The van der Waals surface area contributed by atoms with E-state index in [1.165, 1.54) is 122 Å². The highest BCUT2D eigenvalue weighted by Gasteiger charge is 2.40. The van der Waals surface area contributed by atoms with Crippen LogP contribution in [-0.4, -0.2) is 0 Å². The van der Waals surface area contributed by atoms with Gasteiger partial charge in [-0.2, -0.15) is 0 Å². The second-order valence-corrected chi connectivity index (χ2v) is 21.2. The molecule has 0 amide bonds. The summed E-state index contributed by atoms with van der Waals surface area (Å²) in [6.45, 7) is 9.56. The van der Waals surface area contributed by atoms with E-state index in [2.05, 4.69) is 292 Å². The minimum Gasteiger partial charge on any atom is -0.309 e. The Morgan fingerprint density at radius 1 is 0.270 bits per heavy atom. The molecule has 0 fully saturated rings. The average Bonchev–Trinajstić information content (AvgIpc) is 3.53. The minimum atomic E-state index is -0.261. The molecule has 0 spiro atoms. The molecule has 0 unspecified atom stereocenters. The van der Waals surface area contributed by atoms with Crippen LogP contribution < -0.4 is 9.80 Å². The topological polar surface area (TPSA) is 6.48 Å². The molecule has 0 radical (unpaired) electrons. The summed E-state index contributed by atoms with van der Waals surface area (Å²) in [6.07, 6.45) is 0. The van der Waals surface area contributed by atoms with Gasteiger partial charge in [0.2, 0.25) is 0 Å². The molecule has 0 saturated carbocycles. The molecule has 14 rings (SSSR count). The number of nitrogens with zero attached hydrogens (tertiary/aromatic N) is 2. The summed E-state index contributed by atoms with van der Waals surface area (Å²) in [6, 6.07) is 95.1. The Hall–Kier alpha value is -8.98. The molecule has 2 aliphatic heterocycles. The van der Waals surface area contributed by atoms with Crippen LogP contribution in [0.4, 0.5) is 34.1 Å². The van der Waals surface area contributed by atoms with Crippen LogP contribution in [0.3, 0.4) is 0 Å². The van der Waals surface area contributed by atoms with E-state index in [4.69, 9.17) is 0 Å². The standard InChI is InChI=1S/C72H54N2/c1-71(2)62-38-16-18-42-66(62)73(50-27-10-6-11-28-50)69-57(36-22-40-64(69)71)53-32-20-34-55-59(53)46-60-54(33-21-35-56(60)68(55)61-45-49(47-24-8-5-9-25-47)44-48-26-14-15-31-52(48)61)58-37-23-41-65-70(58)74(51-29-12-7-13-30-51)67-43-19-17-39-63(67)72(65,3)4/h5-46H,1-4H3. The van der Waals surface area contributed by atoms with Gasteiger partial charge in [-0.15, -0.1) is 0 Å². The molecular formula is C72H54N2. The summed E-state index contributed by atoms with van der Waals surface area (Å²) >= 11 is 0. The van der Waals surface area contributed by atoms with Crippen LogP contribution in [0.1, 0.15) is 49.9 Å². The Labute approximate surface area is 434 Å². The van der Waals surface area contributed by atoms with Crippen molar-refractivity contribution in [2.45, 2.75) is 38.5 Å². The molecule has 2 aliphatic rings. The van der Waals surface area contributed by atoms with Gasteiger partial charge in [-0.1, -0.05) is 228 Å². The molecule has 0 atom stereocenters. The van der Waals surface area contributed by atoms with Gasteiger partial charge in [-0.3, -0.25) is 0 Å². The predicted octanol–water partition coefficient (Wildman–Crippen LogP) is 20.0. The third-order valence-corrected chi connectivity index (χ3v) is 16.4. The normalized spacial score (nSPS) is 14.1. The highest BCUT2D eigenvalue weighted by atomic mass is 15.2. The van der Waals surface area contributed by atoms with Crippen molar-refractivity contribution in [2.75, 3.05) is 9.80 Å². The van der Waals surface area contributed by atoms with E-state index in [1.54, 1.807) is 0 Å². The molecular weight excluding hydrogens is 893 g/mol. The van der Waals surface area contributed by atoms with Crippen molar-refractivity contribution in [3.63, 3.8) is 0 Å². The molecule has 0 bridgehead atoms. The van der Waals surface area contributed by atoms with Gasteiger partial charge >= 0.3 is 0 Å². The lowest BCUT2D eigenvalue weighted by molar-refractivity contribution is 0.632. The predicted molar refractivity (Wildman–Crippen MR) is 314 cm³/mol. The van der Waals surface area contributed by atoms with Gasteiger partial charge in [0.1, 0.15) is 0 Å². The van der Waals surface area contributed by atoms with Gasteiger partial charge in [0, 0.05) is 33.3 Å². The lowest BCUT2D eigenvalue weighted by Crippen LogP contribution is -2.31. The lowest BCUT2D eigenvalue weighted by Gasteiger charge is -2.43. The van der Waals surface area contributed by atoms with E-state index in [1.807, 2.05) is 0 Å². The Morgan fingerprint density at radius 3 is 1.20 bits per heavy atom. The van der Waals surface area contributed by atoms with Crippen LogP contribution in [0.25, 0.3) is 76.8 Å². The second kappa shape index (κ2) is 16.8. The zero-order valence-electron chi connectivity index (χ0n) is 42.1. The summed E-state index contributed by atoms with van der Waals surface area (Å²) in [5, 5.41) is 7.31. The fourth-order valence-corrected chi connectivity index (χ4v) is 12.9. The maximum Gasteiger partial charge on any atom is 0.0581 e. The molecule has 12 aromatic rings. The summed E-state index contributed by atoms with van der Waals surface area (Å²) in [5.74, 6) is 0. The fourth-order valence-electron chi connectivity index (χ4n) is 12.9. The van der Waals surface area contributed by atoms with Crippen molar-refractivity contribution in [1.82, 2.24) is 0 Å². The Bertz CT molecular complexity index is 3980. The number of rotatable bonds is 6. The van der Waals surface area contributed by atoms with Crippen molar-refractivity contribution in [3.05, 3.63) is 277 Å². The SMILES string of the molecule is CC1(C)c2ccccc2N(c2ccccc2)c2c(-c3cccc4c(-c5cc(-c6ccccc6)cc6ccccc56)c5cccc(-c6cccc7c6N(c6ccccc6)c6ccccc6C7(C)C)c5cc34)cccc21. The monoisotopic (exact) mass is 946 g/mol. The number of anilines is 6. The minimum absolute atomic E-state index is 0.261. The highest BCUT2D eigenvalue weighted by Crippen LogP contribution is 2.58. The van der Waals surface area contributed by atoms with Crippen LogP contribution in [0.15, 0.2) is 255 Å². The van der Waals surface area contributed by atoms with Crippen molar-refractivity contribution in [1.29, 1.82) is 0 Å². The van der Waals surface area contributed by atoms with Crippen molar-refractivity contribution in [3.8, 4) is 44.5 Å². The zero-order valence-corrected chi connectivity index (χ0v) is 42.1. The van der Waals surface area contributed by atoms with E-state index >= 15 is 0 Å². The number of fused-ring (bicyclic) bond motifs is 7. The van der Waals surface area contributed by atoms with Crippen molar-refractivity contribution >= 4 is 66.4 Å². The quantitative estimate of drug-likeness (QED) is 0.153. The van der Waals surface area contributed by atoms with Gasteiger partial charge < -0.3 is 9.80 Å². The van der Waals surface area contributed by atoms with E-state index in [0.29, 0.717) is 0 Å². The molecule has 0 saturated heterocycles. The van der Waals surface area contributed by atoms with Gasteiger partial charge in [0.15, 0.2) is 0 Å². The van der Waals surface area contributed by atoms with Crippen LogP contribution in [0, 0.1) is 0 Å². The third-order valence-electron chi connectivity index (χ3n) is 16.4. The molecule has 2 heteroatoms. The van der Waals surface area contributed by atoms with Gasteiger partial charge in [-0.05, 0) is 143 Å². The molecule has 74 heavy (non-hydrogen) atoms. The summed E-state index contributed by atoms with van der Waals surface area (Å²) in [5.41, 5.74) is 21.5. The van der Waals surface area contributed by atoms with E-state index in [0.717, 1.165) is 11.4 Å². The molecule has 2 nitrogen and oxygen atoms in total. The van der Waals surface area contributed by atoms with E-state index < -0.39 is 0 Å². The van der Waals surface area contributed by atoms with Crippen LogP contribution in [-0.2, 0) is 10.8 Å². The smallest absolute Gasteiger partial charge is 0.0581 e. The average molecular weight is 947 g/mol. The van der Waals surface area contributed by atoms with Crippen LogP contribution >= 0.6 is 0 Å². The molecule has 2 heterocycles. The summed E-state index contributed by atoms with van der Waals surface area (Å²) in [4.78, 5) is 5.03. The van der Waals surface area contributed by atoms with E-state index in [-0.39, 0.29) is 10.8 Å². The number of para-hydroxylation sites is 6. The zero-order chi connectivity index (χ0) is 49.7. The van der Waals surface area contributed by atoms with Crippen LogP contribution in [0.2, 0.25) is 0 Å². The first-order valence-electron chi connectivity index (χ1n) is 26.0. The summed E-state index contributed by atoms with van der Waals surface area (Å²) in [7, 11) is 0. The number of hydrogen-bond donors (Lipinski definition) is 0.